The second kappa shape index (κ2) is 8.54. The third kappa shape index (κ3) is 4.56. The molecule has 1 N–H and O–H groups in total. The third-order valence-electron chi connectivity index (χ3n) is 4.22. The van der Waals surface area contributed by atoms with Gasteiger partial charge in [-0.25, -0.2) is 0 Å². The van der Waals surface area contributed by atoms with Gasteiger partial charge in [0.05, 0.1) is 12.3 Å². The summed E-state index contributed by atoms with van der Waals surface area (Å²) in [5, 5.41) is 3.73. The van der Waals surface area contributed by atoms with Crippen LogP contribution in [0.25, 0.3) is 10.9 Å². The lowest BCUT2D eigenvalue weighted by Gasteiger charge is -2.12. The lowest BCUT2D eigenvalue weighted by Crippen LogP contribution is -2.20. The number of aromatic nitrogens is 1. The SMILES string of the molecule is CCOc1ccc(NC(=O)COc2ccc(C(C)C)cc2)c2cccnc12. The summed E-state index contributed by atoms with van der Waals surface area (Å²) in [7, 11) is 0. The Bertz CT molecular complexity index is 920. The molecule has 5 heteroatoms. The average Bonchev–Trinajstić information content (AvgIpc) is 2.69. The van der Waals surface area contributed by atoms with Gasteiger partial charge in [0.2, 0.25) is 0 Å². The van der Waals surface area contributed by atoms with Crippen LogP contribution in [-0.4, -0.2) is 24.1 Å². The number of pyridine rings is 1. The quantitative estimate of drug-likeness (QED) is 0.656. The molecular weight excluding hydrogens is 340 g/mol. The summed E-state index contributed by atoms with van der Waals surface area (Å²) < 4.78 is 11.2. The minimum absolute atomic E-state index is 0.0595. The summed E-state index contributed by atoms with van der Waals surface area (Å²) in [5.41, 5.74) is 2.65. The number of hydrogen-bond donors (Lipinski definition) is 1. The molecule has 0 bridgehead atoms. The fourth-order valence-electron chi connectivity index (χ4n) is 2.81. The van der Waals surface area contributed by atoms with Crippen LogP contribution < -0.4 is 14.8 Å². The molecule has 3 rings (SSSR count). The number of nitrogens with one attached hydrogen (secondary N) is 1. The first-order chi connectivity index (χ1) is 13.1. The number of hydrogen-bond acceptors (Lipinski definition) is 4. The van der Waals surface area contributed by atoms with Crippen molar-refractivity contribution in [2.24, 2.45) is 0 Å². The van der Waals surface area contributed by atoms with Crippen LogP contribution in [-0.2, 0) is 4.79 Å². The van der Waals surface area contributed by atoms with Gasteiger partial charge in [0.15, 0.2) is 6.61 Å². The van der Waals surface area contributed by atoms with E-state index in [-0.39, 0.29) is 12.5 Å². The first-order valence-electron chi connectivity index (χ1n) is 9.11. The first-order valence-corrected chi connectivity index (χ1v) is 9.11. The van der Waals surface area contributed by atoms with Gasteiger partial charge < -0.3 is 14.8 Å². The van der Waals surface area contributed by atoms with Crippen molar-refractivity contribution >= 4 is 22.5 Å². The Labute approximate surface area is 159 Å². The summed E-state index contributed by atoms with van der Waals surface area (Å²) in [5.74, 6) is 1.61. The van der Waals surface area contributed by atoms with E-state index in [2.05, 4.69) is 24.1 Å². The minimum Gasteiger partial charge on any atom is -0.492 e. The minimum atomic E-state index is -0.225. The lowest BCUT2D eigenvalue weighted by atomic mass is 10.0. The van der Waals surface area contributed by atoms with Gasteiger partial charge in [0.25, 0.3) is 5.91 Å². The van der Waals surface area contributed by atoms with Crippen molar-refractivity contribution in [1.29, 1.82) is 0 Å². The van der Waals surface area contributed by atoms with Gasteiger partial charge in [-0.05, 0) is 54.8 Å². The predicted octanol–water partition coefficient (Wildman–Crippen LogP) is 4.77. The van der Waals surface area contributed by atoms with Crippen LogP contribution >= 0.6 is 0 Å². The number of ether oxygens (including phenoxy) is 2. The molecule has 1 aromatic heterocycles. The number of benzene rings is 2. The fourth-order valence-corrected chi connectivity index (χ4v) is 2.81. The van der Waals surface area contributed by atoms with E-state index < -0.39 is 0 Å². The van der Waals surface area contributed by atoms with Crippen molar-refractivity contribution in [2.45, 2.75) is 26.7 Å². The van der Waals surface area contributed by atoms with E-state index in [0.717, 1.165) is 10.9 Å². The molecule has 1 amide bonds. The second-order valence-electron chi connectivity index (χ2n) is 6.50. The number of carbonyl (C=O) groups is 1. The number of carbonyl (C=O) groups excluding carboxylic acids is 1. The Morgan fingerprint density at radius 1 is 1.07 bits per heavy atom. The maximum Gasteiger partial charge on any atom is 0.262 e. The number of rotatable bonds is 7. The van der Waals surface area contributed by atoms with E-state index in [0.29, 0.717) is 29.7 Å². The molecule has 140 valence electrons. The summed E-state index contributed by atoms with van der Waals surface area (Å²) in [4.78, 5) is 16.7. The van der Waals surface area contributed by atoms with Gasteiger partial charge in [-0.1, -0.05) is 26.0 Å². The smallest absolute Gasteiger partial charge is 0.262 e. The molecule has 2 aromatic carbocycles. The zero-order valence-corrected chi connectivity index (χ0v) is 15.9. The van der Waals surface area contributed by atoms with Crippen LogP contribution in [0.15, 0.2) is 54.7 Å². The third-order valence-corrected chi connectivity index (χ3v) is 4.22. The van der Waals surface area contributed by atoms with Gasteiger partial charge >= 0.3 is 0 Å². The topological polar surface area (TPSA) is 60.5 Å². The van der Waals surface area contributed by atoms with E-state index in [1.165, 1.54) is 5.56 Å². The van der Waals surface area contributed by atoms with Crippen molar-refractivity contribution in [3.63, 3.8) is 0 Å². The summed E-state index contributed by atoms with van der Waals surface area (Å²) in [6.45, 7) is 6.70. The Balaban J connectivity index is 1.68. The highest BCUT2D eigenvalue weighted by atomic mass is 16.5. The Morgan fingerprint density at radius 3 is 2.56 bits per heavy atom. The molecule has 0 saturated carbocycles. The van der Waals surface area contributed by atoms with E-state index in [1.807, 2.05) is 55.5 Å². The molecule has 1 heterocycles. The van der Waals surface area contributed by atoms with E-state index in [1.54, 1.807) is 6.20 Å². The summed E-state index contributed by atoms with van der Waals surface area (Å²) in [6, 6.07) is 15.2. The largest absolute Gasteiger partial charge is 0.492 e. The van der Waals surface area contributed by atoms with Crippen molar-refractivity contribution in [3.05, 3.63) is 60.3 Å². The molecule has 27 heavy (non-hydrogen) atoms. The van der Waals surface area contributed by atoms with Crippen LogP contribution in [0.3, 0.4) is 0 Å². The molecule has 3 aromatic rings. The van der Waals surface area contributed by atoms with Gasteiger partial charge in [-0.2, -0.15) is 0 Å². The van der Waals surface area contributed by atoms with Gasteiger partial charge in [-0.3, -0.25) is 9.78 Å². The van der Waals surface area contributed by atoms with Crippen molar-refractivity contribution in [1.82, 2.24) is 4.98 Å². The van der Waals surface area contributed by atoms with E-state index in [4.69, 9.17) is 9.47 Å². The molecule has 0 saturated heterocycles. The molecular formula is C22H24N2O3. The number of amides is 1. The predicted molar refractivity (Wildman–Crippen MR) is 108 cm³/mol. The van der Waals surface area contributed by atoms with E-state index in [9.17, 15) is 4.79 Å². The Kier molecular flexibility index (Phi) is 5.91. The highest BCUT2D eigenvalue weighted by Gasteiger charge is 2.11. The molecule has 5 nitrogen and oxygen atoms in total. The van der Waals surface area contributed by atoms with Gasteiger partial charge in [0, 0.05) is 11.6 Å². The lowest BCUT2D eigenvalue weighted by molar-refractivity contribution is -0.118. The fraction of sp³-hybridized carbons (Fsp3) is 0.273. The van der Waals surface area contributed by atoms with Crippen LogP contribution in [0.5, 0.6) is 11.5 Å². The summed E-state index contributed by atoms with van der Waals surface area (Å²) >= 11 is 0. The second-order valence-corrected chi connectivity index (χ2v) is 6.50. The monoisotopic (exact) mass is 364 g/mol. The van der Waals surface area contributed by atoms with E-state index >= 15 is 0 Å². The van der Waals surface area contributed by atoms with Crippen molar-refractivity contribution in [3.8, 4) is 11.5 Å². The maximum absolute atomic E-state index is 12.3. The number of anilines is 1. The Hall–Kier alpha value is -3.08. The van der Waals surface area contributed by atoms with Crippen molar-refractivity contribution < 1.29 is 14.3 Å². The molecule has 0 unspecified atom stereocenters. The normalized spacial score (nSPS) is 10.8. The zero-order chi connectivity index (χ0) is 19.2. The van der Waals surface area contributed by atoms with Crippen LogP contribution in [0.1, 0.15) is 32.3 Å². The molecule has 0 aliphatic carbocycles. The molecule has 0 aliphatic heterocycles. The maximum atomic E-state index is 12.3. The highest BCUT2D eigenvalue weighted by Crippen LogP contribution is 2.30. The molecule has 0 atom stereocenters. The zero-order valence-electron chi connectivity index (χ0n) is 15.9. The molecule has 0 radical (unpaired) electrons. The summed E-state index contributed by atoms with van der Waals surface area (Å²) in [6.07, 6.45) is 1.71. The standard InChI is InChI=1S/C22H24N2O3/c1-4-26-20-12-11-19(18-6-5-13-23-22(18)20)24-21(25)14-27-17-9-7-16(8-10-17)15(2)3/h5-13,15H,4,14H2,1-3H3,(H,24,25). The van der Waals surface area contributed by atoms with Crippen LogP contribution in [0.2, 0.25) is 0 Å². The van der Waals surface area contributed by atoms with Crippen LogP contribution in [0, 0.1) is 0 Å². The molecule has 0 fully saturated rings. The number of fused-ring (bicyclic) bond motifs is 1. The first kappa shape index (κ1) is 18.7. The van der Waals surface area contributed by atoms with Gasteiger partial charge in [-0.15, -0.1) is 0 Å². The van der Waals surface area contributed by atoms with Crippen LogP contribution in [0.4, 0.5) is 5.69 Å². The molecule has 0 spiro atoms. The average molecular weight is 364 g/mol. The highest BCUT2D eigenvalue weighted by molar-refractivity contribution is 6.03. The molecule has 0 aliphatic rings. The number of nitrogens with zero attached hydrogens (tertiary/aromatic N) is 1. The Morgan fingerprint density at radius 2 is 1.85 bits per heavy atom. The van der Waals surface area contributed by atoms with Crippen molar-refractivity contribution in [2.75, 3.05) is 18.5 Å². The van der Waals surface area contributed by atoms with Gasteiger partial charge in [0.1, 0.15) is 17.0 Å².